The molecule has 5 nitrogen and oxygen atoms in total. The Kier molecular flexibility index (Phi) is 5.97. The highest BCUT2D eigenvalue weighted by atomic mass is 16.5. The Morgan fingerprint density at radius 1 is 1.03 bits per heavy atom. The first-order chi connectivity index (χ1) is 16.3. The quantitative estimate of drug-likeness (QED) is 0.504. The minimum absolute atomic E-state index is 0.0694. The van der Waals surface area contributed by atoms with Crippen LogP contribution < -0.4 is 15.0 Å². The number of carbonyl (C=O) groups excluding carboxylic acids is 1. The van der Waals surface area contributed by atoms with Crippen LogP contribution in [0.3, 0.4) is 0 Å². The predicted molar refractivity (Wildman–Crippen MR) is 138 cm³/mol. The summed E-state index contributed by atoms with van der Waals surface area (Å²) in [5.41, 5.74) is 5.36. The fraction of sp³-hybridized carbons (Fsp3) is 0.448. The number of fused-ring (bicyclic) bond motifs is 2. The van der Waals surface area contributed by atoms with Gasteiger partial charge in [-0.25, -0.2) is 0 Å². The Morgan fingerprint density at radius 3 is 2.53 bits per heavy atom. The number of nitrogens with zero attached hydrogens (tertiary/aromatic N) is 2. The summed E-state index contributed by atoms with van der Waals surface area (Å²) in [7, 11) is 4.01. The lowest BCUT2D eigenvalue weighted by Gasteiger charge is -2.35. The molecule has 178 valence electrons. The monoisotopic (exact) mass is 457 g/mol. The number of amides is 1. The van der Waals surface area contributed by atoms with Crippen molar-refractivity contribution in [2.45, 2.75) is 57.9 Å². The first-order valence-corrected chi connectivity index (χ1v) is 12.5. The molecular weight excluding hydrogens is 422 g/mol. The van der Waals surface area contributed by atoms with Crippen molar-refractivity contribution in [1.82, 2.24) is 10.3 Å². The van der Waals surface area contributed by atoms with Crippen LogP contribution >= 0.6 is 0 Å². The number of para-hydroxylation sites is 2. The van der Waals surface area contributed by atoms with Gasteiger partial charge in [-0.05, 0) is 48.6 Å². The van der Waals surface area contributed by atoms with Gasteiger partial charge in [-0.2, -0.15) is 0 Å². The maximum atomic E-state index is 13.5. The molecule has 0 bridgehead atoms. The summed E-state index contributed by atoms with van der Waals surface area (Å²) in [6, 6.07) is 14.3. The highest BCUT2D eigenvalue weighted by Crippen LogP contribution is 2.44. The molecule has 5 rings (SSSR count). The molecule has 2 aliphatic rings. The molecule has 1 N–H and O–H groups in total. The number of aromatic nitrogens is 1. The van der Waals surface area contributed by atoms with Crippen molar-refractivity contribution in [2.24, 2.45) is 5.41 Å². The summed E-state index contributed by atoms with van der Waals surface area (Å²) in [5, 5.41) is 4.30. The van der Waals surface area contributed by atoms with Crippen LogP contribution in [-0.2, 0) is 0 Å². The molecule has 1 atom stereocenters. The standard InChI is InChI=1S/C29H35N3O2/c1-29(2)15-12-19(13-16-29)20-9-7-10-22-26(20)30-18-23(27(22)32(3)4)28(33)31-24-14-17-34-25-11-6-5-8-21(24)25/h5-11,18-19,24H,12-17H2,1-4H3,(H,31,33). The third kappa shape index (κ3) is 4.24. The normalized spacial score (nSPS) is 19.8. The summed E-state index contributed by atoms with van der Waals surface area (Å²) in [4.78, 5) is 20.5. The lowest BCUT2D eigenvalue weighted by atomic mass is 9.71. The number of anilines is 1. The van der Waals surface area contributed by atoms with Crippen LogP contribution in [0.2, 0.25) is 0 Å². The molecule has 1 fully saturated rings. The van der Waals surface area contributed by atoms with Crippen molar-refractivity contribution >= 4 is 22.5 Å². The van der Waals surface area contributed by atoms with Crippen LogP contribution in [0, 0.1) is 5.41 Å². The molecule has 34 heavy (non-hydrogen) atoms. The average molecular weight is 458 g/mol. The maximum Gasteiger partial charge on any atom is 0.255 e. The number of pyridine rings is 1. The van der Waals surface area contributed by atoms with Gasteiger partial charge in [-0.15, -0.1) is 0 Å². The van der Waals surface area contributed by atoms with Gasteiger partial charge < -0.3 is 15.0 Å². The van der Waals surface area contributed by atoms with Gasteiger partial charge in [-0.1, -0.05) is 50.2 Å². The van der Waals surface area contributed by atoms with E-state index in [4.69, 9.17) is 9.72 Å². The van der Waals surface area contributed by atoms with Crippen molar-refractivity contribution in [3.8, 4) is 5.75 Å². The second kappa shape index (κ2) is 8.94. The Bertz CT molecular complexity index is 1210. The van der Waals surface area contributed by atoms with E-state index in [0.717, 1.165) is 34.3 Å². The maximum absolute atomic E-state index is 13.5. The summed E-state index contributed by atoms with van der Waals surface area (Å²) in [6.45, 7) is 5.34. The molecule has 2 heterocycles. The second-order valence-corrected chi connectivity index (χ2v) is 10.8. The largest absolute Gasteiger partial charge is 0.493 e. The van der Waals surface area contributed by atoms with Gasteiger partial charge in [0.25, 0.3) is 5.91 Å². The van der Waals surface area contributed by atoms with Gasteiger partial charge in [-0.3, -0.25) is 9.78 Å². The fourth-order valence-electron chi connectivity index (χ4n) is 5.65. The molecule has 0 spiro atoms. The van der Waals surface area contributed by atoms with E-state index >= 15 is 0 Å². The van der Waals surface area contributed by atoms with Crippen molar-refractivity contribution in [3.63, 3.8) is 0 Å². The lowest BCUT2D eigenvalue weighted by Crippen LogP contribution is -2.33. The number of ether oxygens (including phenoxy) is 1. The fourth-order valence-corrected chi connectivity index (χ4v) is 5.65. The van der Waals surface area contributed by atoms with Crippen LogP contribution in [0.4, 0.5) is 5.69 Å². The van der Waals surface area contributed by atoms with E-state index in [1.165, 1.54) is 31.2 Å². The number of rotatable bonds is 4. The molecule has 2 aromatic carbocycles. The zero-order valence-electron chi connectivity index (χ0n) is 20.7. The second-order valence-electron chi connectivity index (χ2n) is 10.8. The zero-order valence-corrected chi connectivity index (χ0v) is 20.7. The van der Waals surface area contributed by atoms with Gasteiger partial charge in [0, 0.05) is 37.7 Å². The van der Waals surface area contributed by atoms with Gasteiger partial charge in [0.15, 0.2) is 0 Å². The van der Waals surface area contributed by atoms with E-state index < -0.39 is 0 Å². The molecule has 5 heteroatoms. The predicted octanol–water partition coefficient (Wildman–Crippen LogP) is 6.24. The Labute approximate surface area is 202 Å². The van der Waals surface area contributed by atoms with E-state index in [9.17, 15) is 4.79 Å². The number of carbonyl (C=O) groups is 1. The third-order valence-electron chi connectivity index (χ3n) is 7.63. The Morgan fingerprint density at radius 2 is 1.76 bits per heavy atom. The van der Waals surface area contributed by atoms with Gasteiger partial charge >= 0.3 is 0 Å². The highest BCUT2D eigenvalue weighted by molar-refractivity contribution is 6.08. The Hall–Kier alpha value is -3.08. The van der Waals surface area contributed by atoms with E-state index in [2.05, 4.69) is 37.4 Å². The molecule has 3 aromatic rings. The van der Waals surface area contributed by atoms with Crippen LogP contribution in [0.15, 0.2) is 48.7 Å². The molecular formula is C29H35N3O2. The lowest BCUT2D eigenvalue weighted by molar-refractivity contribution is 0.0925. The number of hydrogen-bond donors (Lipinski definition) is 1. The van der Waals surface area contributed by atoms with E-state index in [1.807, 2.05) is 43.3 Å². The van der Waals surface area contributed by atoms with Crippen molar-refractivity contribution < 1.29 is 9.53 Å². The van der Waals surface area contributed by atoms with E-state index in [-0.39, 0.29) is 11.9 Å². The molecule has 0 radical (unpaired) electrons. The Balaban J connectivity index is 1.49. The number of benzene rings is 2. The van der Waals surface area contributed by atoms with Crippen LogP contribution in [0.1, 0.15) is 79.4 Å². The van der Waals surface area contributed by atoms with Gasteiger partial charge in [0.1, 0.15) is 5.75 Å². The van der Waals surface area contributed by atoms with Crippen LogP contribution in [0.25, 0.3) is 10.9 Å². The highest BCUT2D eigenvalue weighted by Gasteiger charge is 2.30. The minimum Gasteiger partial charge on any atom is -0.493 e. The molecule has 1 aromatic heterocycles. The molecule has 1 unspecified atom stereocenters. The van der Waals surface area contributed by atoms with Crippen molar-refractivity contribution in [3.05, 3.63) is 65.4 Å². The van der Waals surface area contributed by atoms with Crippen molar-refractivity contribution in [1.29, 1.82) is 0 Å². The van der Waals surface area contributed by atoms with Gasteiger partial charge in [0.2, 0.25) is 0 Å². The molecule has 0 saturated heterocycles. The van der Waals surface area contributed by atoms with Crippen molar-refractivity contribution in [2.75, 3.05) is 25.6 Å². The third-order valence-corrected chi connectivity index (χ3v) is 7.63. The minimum atomic E-state index is -0.0929. The first kappa shape index (κ1) is 22.7. The van der Waals surface area contributed by atoms with Crippen LogP contribution in [0.5, 0.6) is 5.75 Å². The van der Waals surface area contributed by atoms with E-state index in [0.29, 0.717) is 23.5 Å². The zero-order chi connectivity index (χ0) is 23.9. The summed E-state index contributed by atoms with van der Waals surface area (Å²) < 4.78 is 5.77. The molecule has 1 aliphatic carbocycles. The number of hydrogen-bond acceptors (Lipinski definition) is 4. The average Bonchev–Trinajstić information content (AvgIpc) is 2.83. The summed E-state index contributed by atoms with van der Waals surface area (Å²) >= 11 is 0. The molecule has 1 amide bonds. The smallest absolute Gasteiger partial charge is 0.255 e. The number of nitrogens with one attached hydrogen (secondary N) is 1. The topological polar surface area (TPSA) is 54.5 Å². The first-order valence-electron chi connectivity index (χ1n) is 12.5. The van der Waals surface area contributed by atoms with E-state index in [1.54, 1.807) is 6.20 Å². The van der Waals surface area contributed by atoms with Gasteiger partial charge in [0.05, 0.1) is 29.4 Å². The molecule has 1 saturated carbocycles. The summed E-state index contributed by atoms with van der Waals surface area (Å²) in [6.07, 6.45) is 7.38. The summed E-state index contributed by atoms with van der Waals surface area (Å²) in [5.74, 6) is 1.28. The van der Waals surface area contributed by atoms with Crippen LogP contribution in [-0.4, -0.2) is 31.6 Å². The SMILES string of the molecule is CN(C)c1c(C(=O)NC2CCOc3ccccc32)cnc2c(C3CCC(C)(C)CC3)cccc12. The molecule has 1 aliphatic heterocycles.